The maximum atomic E-state index is 11.0. The molecule has 1 heterocycles. The lowest BCUT2D eigenvalue weighted by Crippen LogP contribution is -2.10. The third kappa shape index (κ3) is 1.82. The number of carboxylic acid groups (broad SMARTS) is 1. The number of carbonyl (C=O) groups is 1. The van der Waals surface area contributed by atoms with Gasteiger partial charge in [0.15, 0.2) is 0 Å². The third-order valence-electron chi connectivity index (χ3n) is 2.83. The van der Waals surface area contributed by atoms with Crippen LogP contribution in [0.25, 0.3) is 0 Å². The lowest BCUT2D eigenvalue weighted by molar-refractivity contribution is -0.138. The topological polar surface area (TPSA) is 46.5 Å². The Bertz CT molecular complexity index is 384. The minimum atomic E-state index is -0.768. The molecule has 15 heavy (non-hydrogen) atoms. The summed E-state index contributed by atoms with van der Waals surface area (Å²) in [6, 6.07) is 5.74. The molecule has 1 N–H and O–H groups in total. The first-order valence-electron chi connectivity index (χ1n) is 5.20. The van der Waals surface area contributed by atoms with E-state index in [1.807, 2.05) is 25.1 Å². The number of aliphatic carboxylic acids is 1. The smallest absolute Gasteiger partial charge is 0.310 e. The molecule has 3 nitrogen and oxygen atoms in total. The van der Waals surface area contributed by atoms with Crippen LogP contribution in [0.5, 0.6) is 5.75 Å². The van der Waals surface area contributed by atoms with Crippen LogP contribution in [0.2, 0.25) is 0 Å². The SMILES string of the molecule is CCC(C(=O)O)c1ccc2c(c1)OCC2. The molecule has 80 valence electrons. The van der Waals surface area contributed by atoms with Crippen LogP contribution in [0.15, 0.2) is 18.2 Å². The van der Waals surface area contributed by atoms with E-state index in [2.05, 4.69) is 0 Å². The van der Waals surface area contributed by atoms with Gasteiger partial charge in [-0.1, -0.05) is 19.1 Å². The number of fused-ring (bicyclic) bond motifs is 1. The Labute approximate surface area is 88.7 Å². The first-order chi connectivity index (χ1) is 7.22. The maximum absolute atomic E-state index is 11.0. The zero-order chi connectivity index (χ0) is 10.8. The molecule has 1 aromatic rings. The fourth-order valence-electron chi connectivity index (χ4n) is 1.95. The summed E-state index contributed by atoms with van der Waals surface area (Å²) in [7, 11) is 0. The molecule has 0 radical (unpaired) electrons. The van der Waals surface area contributed by atoms with Crippen LogP contribution in [-0.4, -0.2) is 17.7 Å². The van der Waals surface area contributed by atoms with Crippen LogP contribution in [0, 0.1) is 0 Å². The number of benzene rings is 1. The standard InChI is InChI=1S/C12H14O3/c1-2-10(12(13)14)9-4-3-8-5-6-15-11(8)7-9/h3-4,7,10H,2,5-6H2,1H3,(H,13,14). The van der Waals surface area contributed by atoms with Gasteiger partial charge in [0.1, 0.15) is 5.75 Å². The summed E-state index contributed by atoms with van der Waals surface area (Å²) in [4.78, 5) is 11.0. The summed E-state index contributed by atoms with van der Waals surface area (Å²) < 4.78 is 5.42. The number of hydrogen-bond donors (Lipinski definition) is 1. The van der Waals surface area contributed by atoms with Gasteiger partial charge in [0.25, 0.3) is 0 Å². The van der Waals surface area contributed by atoms with Crippen molar-refractivity contribution in [2.75, 3.05) is 6.61 Å². The van der Waals surface area contributed by atoms with Gasteiger partial charge in [0, 0.05) is 6.42 Å². The molecule has 1 aliphatic heterocycles. The van der Waals surface area contributed by atoms with Crippen LogP contribution in [0.4, 0.5) is 0 Å². The molecular weight excluding hydrogens is 192 g/mol. The zero-order valence-electron chi connectivity index (χ0n) is 8.69. The van der Waals surface area contributed by atoms with Crippen LogP contribution in [-0.2, 0) is 11.2 Å². The van der Waals surface area contributed by atoms with Gasteiger partial charge in [-0.3, -0.25) is 4.79 Å². The lowest BCUT2D eigenvalue weighted by atomic mass is 9.95. The van der Waals surface area contributed by atoms with Crippen molar-refractivity contribution in [2.45, 2.75) is 25.7 Å². The minimum Gasteiger partial charge on any atom is -0.493 e. The molecule has 0 spiro atoms. The number of hydrogen-bond acceptors (Lipinski definition) is 2. The van der Waals surface area contributed by atoms with E-state index in [1.165, 1.54) is 5.56 Å². The van der Waals surface area contributed by atoms with Crippen LogP contribution < -0.4 is 4.74 Å². The summed E-state index contributed by atoms with van der Waals surface area (Å²) in [5.74, 6) is -0.331. The molecule has 0 bridgehead atoms. The van der Waals surface area contributed by atoms with E-state index < -0.39 is 11.9 Å². The van der Waals surface area contributed by atoms with Gasteiger partial charge < -0.3 is 9.84 Å². The molecule has 1 aromatic carbocycles. The average Bonchev–Trinajstić information content (AvgIpc) is 2.65. The number of carboxylic acids is 1. The van der Waals surface area contributed by atoms with Crippen molar-refractivity contribution < 1.29 is 14.6 Å². The summed E-state index contributed by atoms with van der Waals surface area (Å²) in [6.45, 7) is 2.59. The molecule has 0 amide bonds. The second kappa shape index (κ2) is 3.93. The van der Waals surface area contributed by atoms with Gasteiger partial charge in [0.05, 0.1) is 12.5 Å². The van der Waals surface area contributed by atoms with E-state index in [4.69, 9.17) is 9.84 Å². The van der Waals surface area contributed by atoms with E-state index >= 15 is 0 Å². The molecule has 0 saturated heterocycles. The Kier molecular flexibility index (Phi) is 2.62. The van der Waals surface area contributed by atoms with Gasteiger partial charge >= 0.3 is 5.97 Å². The highest BCUT2D eigenvalue weighted by Gasteiger charge is 2.20. The Balaban J connectivity index is 2.32. The van der Waals surface area contributed by atoms with E-state index in [9.17, 15) is 4.79 Å². The fraction of sp³-hybridized carbons (Fsp3) is 0.417. The highest BCUT2D eigenvalue weighted by Crippen LogP contribution is 2.30. The van der Waals surface area contributed by atoms with Crippen molar-refractivity contribution in [3.63, 3.8) is 0 Å². The van der Waals surface area contributed by atoms with Crippen LogP contribution in [0.3, 0.4) is 0 Å². The van der Waals surface area contributed by atoms with Gasteiger partial charge in [-0.2, -0.15) is 0 Å². The predicted molar refractivity (Wildman–Crippen MR) is 56.3 cm³/mol. The summed E-state index contributed by atoms with van der Waals surface area (Å²) in [5, 5.41) is 9.03. The third-order valence-corrected chi connectivity index (χ3v) is 2.83. The largest absolute Gasteiger partial charge is 0.493 e. The Morgan fingerprint density at radius 3 is 3.07 bits per heavy atom. The second-order valence-corrected chi connectivity index (χ2v) is 3.76. The molecule has 0 aromatic heterocycles. The van der Waals surface area contributed by atoms with E-state index in [0.717, 1.165) is 17.7 Å². The lowest BCUT2D eigenvalue weighted by Gasteiger charge is -2.11. The van der Waals surface area contributed by atoms with Crippen molar-refractivity contribution in [3.8, 4) is 5.75 Å². The van der Waals surface area contributed by atoms with Crippen molar-refractivity contribution in [1.82, 2.24) is 0 Å². The van der Waals surface area contributed by atoms with Gasteiger partial charge in [-0.05, 0) is 23.6 Å². The van der Waals surface area contributed by atoms with Crippen molar-refractivity contribution >= 4 is 5.97 Å². The molecule has 0 fully saturated rings. The highest BCUT2D eigenvalue weighted by atomic mass is 16.5. The predicted octanol–water partition coefficient (Wildman–Crippen LogP) is 2.20. The van der Waals surface area contributed by atoms with E-state index in [-0.39, 0.29) is 0 Å². The maximum Gasteiger partial charge on any atom is 0.310 e. The molecule has 1 atom stereocenters. The second-order valence-electron chi connectivity index (χ2n) is 3.76. The molecule has 0 aliphatic carbocycles. The first-order valence-corrected chi connectivity index (χ1v) is 5.20. The summed E-state index contributed by atoms with van der Waals surface area (Å²) >= 11 is 0. The van der Waals surface area contributed by atoms with Crippen LogP contribution >= 0.6 is 0 Å². The Morgan fingerprint density at radius 1 is 1.60 bits per heavy atom. The van der Waals surface area contributed by atoms with Gasteiger partial charge in [0.2, 0.25) is 0 Å². The van der Waals surface area contributed by atoms with Crippen molar-refractivity contribution in [3.05, 3.63) is 29.3 Å². The van der Waals surface area contributed by atoms with Crippen molar-refractivity contribution in [2.24, 2.45) is 0 Å². The number of rotatable bonds is 3. The number of ether oxygens (including phenoxy) is 1. The zero-order valence-corrected chi connectivity index (χ0v) is 8.69. The van der Waals surface area contributed by atoms with Crippen molar-refractivity contribution in [1.29, 1.82) is 0 Å². The van der Waals surface area contributed by atoms with Crippen LogP contribution in [0.1, 0.15) is 30.4 Å². The fourth-order valence-corrected chi connectivity index (χ4v) is 1.95. The summed E-state index contributed by atoms with van der Waals surface area (Å²) in [6.07, 6.45) is 1.54. The first kappa shape index (κ1) is 10.0. The molecule has 2 rings (SSSR count). The monoisotopic (exact) mass is 206 g/mol. The molecule has 1 aliphatic rings. The van der Waals surface area contributed by atoms with Gasteiger partial charge in [-0.25, -0.2) is 0 Å². The Hall–Kier alpha value is -1.51. The highest BCUT2D eigenvalue weighted by molar-refractivity contribution is 5.76. The Morgan fingerprint density at radius 2 is 2.40 bits per heavy atom. The average molecular weight is 206 g/mol. The molecular formula is C12H14O3. The summed E-state index contributed by atoms with van der Waals surface area (Å²) in [5.41, 5.74) is 2.02. The van der Waals surface area contributed by atoms with E-state index in [1.54, 1.807) is 0 Å². The normalized spacial score (nSPS) is 15.5. The van der Waals surface area contributed by atoms with Gasteiger partial charge in [-0.15, -0.1) is 0 Å². The molecule has 0 saturated carbocycles. The molecule has 3 heteroatoms. The minimum absolute atomic E-state index is 0.417. The quantitative estimate of drug-likeness (QED) is 0.824. The molecule has 1 unspecified atom stereocenters. The van der Waals surface area contributed by atoms with E-state index in [0.29, 0.717) is 13.0 Å².